The summed E-state index contributed by atoms with van der Waals surface area (Å²) in [6, 6.07) is 4.12. The summed E-state index contributed by atoms with van der Waals surface area (Å²) in [6.07, 6.45) is 13.4. The maximum absolute atomic E-state index is 14.0. The first-order valence-corrected chi connectivity index (χ1v) is 10.6. The highest BCUT2D eigenvalue weighted by atomic mass is 31.1. The van der Waals surface area contributed by atoms with Crippen LogP contribution < -0.4 is 5.30 Å². The summed E-state index contributed by atoms with van der Waals surface area (Å²) in [5.41, 5.74) is 0. The molecule has 0 aliphatic carbocycles. The molecule has 0 nitrogen and oxygen atoms in total. The number of unbranched alkanes of at least 4 members (excludes halogenated alkanes) is 7. The maximum atomic E-state index is 14.0. The molecule has 1 aromatic rings. The van der Waals surface area contributed by atoms with Crippen molar-refractivity contribution in [3.63, 3.8) is 0 Å². The average molecular weight is 328 g/mol. The largest absolute Gasteiger partial charge is 0.207 e. The minimum absolute atomic E-state index is 0.342. The molecular formula is C19H31F2P. The van der Waals surface area contributed by atoms with Crippen LogP contribution in [0.5, 0.6) is 0 Å². The van der Waals surface area contributed by atoms with Crippen molar-refractivity contribution < 1.29 is 8.78 Å². The van der Waals surface area contributed by atoms with Crippen molar-refractivity contribution in [2.45, 2.75) is 71.6 Å². The predicted octanol–water partition coefficient (Wildman–Crippen LogP) is 6.62. The summed E-state index contributed by atoms with van der Waals surface area (Å²) in [5.74, 6) is -0.812. The molecule has 0 aliphatic heterocycles. The van der Waals surface area contributed by atoms with Crippen LogP contribution in [0.1, 0.15) is 71.6 Å². The van der Waals surface area contributed by atoms with Crippen LogP contribution in [0.4, 0.5) is 8.78 Å². The molecule has 0 amide bonds. The second kappa shape index (κ2) is 12.0. The first kappa shape index (κ1) is 19.6. The number of hydrogen-bond acceptors (Lipinski definition) is 0. The van der Waals surface area contributed by atoms with Gasteiger partial charge < -0.3 is 0 Å². The SMILES string of the molecule is CCCCCCCCCP(CCCC)c1ccc(F)cc1F. The van der Waals surface area contributed by atoms with Gasteiger partial charge in [0.05, 0.1) is 0 Å². The monoisotopic (exact) mass is 328 g/mol. The zero-order valence-electron chi connectivity index (χ0n) is 14.2. The van der Waals surface area contributed by atoms with Crippen molar-refractivity contribution in [1.29, 1.82) is 0 Å². The maximum Gasteiger partial charge on any atom is 0.133 e. The molecule has 1 atom stereocenters. The van der Waals surface area contributed by atoms with Crippen LogP contribution in [-0.2, 0) is 0 Å². The van der Waals surface area contributed by atoms with Crippen LogP contribution in [-0.4, -0.2) is 12.3 Å². The molecule has 3 heteroatoms. The number of hydrogen-bond donors (Lipinski definition) is 0. The average Bonchev–Trinajstić information content (AvgIpc) is 2.50. The molecule has 0 spiro atoms. The first-order chi connectivity index (χ1) is 10.7. The van der Waals surface area contributed by atoms with Gasteiger partial charge in [0.1, 0.15) is 11.6 Å². The Balaban J connectivity index is 2.43. The number of rotatable bonds is 12. The smallest absolute Gasteiger partial charge is 0.133 e. The van der Waals surface area contributed by atoms with Crippen molar-refractivity contribution in [2.24, 2.45) is 0 Å². The summed E-state index contributed by atoms with van der Waals surface area (Å²) in [4.78, 5) is 0. The van der Waals surface area contributed by atoms with Crippen LogP contribution in [0.2, 0.25) is 0 Å². The molecular weight excluding hydrogens is 297 g/mol. The third-order valence-electron chi connectivity index (χ3n) is 4.06. The van der Waals surface area contributed by atoms with Crippen LogP contribution in [0.3, 0.4) is 0 Å². The zero-order valence-corrected chi connectivity index (χ0v) is 15.1. The summed E-state index contributed by atoms with van der Waals surface area (Å²) in [6.45, 7) is 4.40. The molecule has 0 N–H and O–H groups in total. The molecule has 0 radical (unpaired) electrons. The first-order valence-electron chi connectivity index (χ1n) is 8.89. The van der Waals surface area contributed by atoms with E-state index in [2.05, 4.69) is 13.8 Å². The van der Waals surface area contributed by atoms with Crippen molar-refractivity contribution >= 4 is 13.2 Å². The van der Waals surface area contributed by atoms with Crippen molar-refractivity contribution in [3.05, 3.63) is 29.8 Å². The van der Waals surface area contributed by atoms with Gasteiger partial charge in [0.25, 0.3) is 0 Å². The molecule has 126 valence electrons. The van der Waals surface area contributed by atoms with E-state index in [9.17, 15) is 8.78 Å². The van der Waals surface area contributed by atoms with Crippen LogP contribution in [0.25, 0.3) is 0 Å². The molecule has 0 aromatic heterocycles. The lowest BCUT2D eigenvalue weighted by atomic mass is 10.1. The van der Waals surface area contributed by atoms with E-state index >= 15 is 0 Å². The fourth-order valence-corrected chi connectivity index (χ4v) is 5.36. The summed E-state index contributed by atoms with van der Waals surface area (Å²) in [7, 11) is -0.464. The van der Waals surface area contributed by atoms with Crippen molar-refractivity contribution in [1.82, 2.24) is 0 Å². The minimum atomic E-state index is -0.470. The zero-order chi connectivity index (χ0) is 16.2. The summed E-state index contributed by atoms with van der Waals surface area (Å²) >= 11 is 0. The molecule has 1 aromatic carbocycles. The van der Waals surface area contributed by atoms with E-state index in [1.807, 2.05) is 0 Å². The molecule has 1 rings (SSSR count). The molecule has 0 heterocycles. The van der Waals surface area contributed by atoms with Gasteiger partial charge in [0.2, 0.25) is 0 Å². The topological polar surface area (TPSA) is 0 Å². The lowest BCUT2D eigenvalue weighted by Gasteiger charge is -2.18. The molecule has 0 saturated carbocycles. The Morgan fingerprint density at radius 3 is 2.00 bits per heavy atom. The molecule has 0 saturated heterocycles. The van der Waals surface area contributed by atoms with Gasteiger partial charge >= 0.3 is 0 Å². The Kier molecular flexibility index (Phi) is 10.7. The summed E-state index contributed by atoms with van der Waals surface area (Å²) in [5, 5.41) is 0.774. The van der Waals surface area contributed by atoms with Crippen LogP contribution in [0.15, 0.2) is 18.2 Å². The fraction of sp³-hybridized carbons (Fsp3) is 0.684. The van der Waals surface area contributed by atoms with E-state index in [4.69, 9.17) is 0 Å². The van der Waals surface area contributed by atoms with Crippen molar-refractivity contribution in [3.8, 4) is 0 Å². The Labute approximate surface area is 136 Å². The van der Waals surface area contributed by atoms with E-state index < -0.39 is 13.7 Å². The normalized spacial score (nSPS) is 12.5. The second-order valence-corrected chi connectivity index (χ2v) is 8.51. The molecule has 0 fully saturated rings. The van der Waals surface area contributed by atoms with Gasteiger partial charge in [-0.1, -0.05) is 66.7 Å². The summed E-state index contributed by atoms with van der Waals surface area (Å²) < 4.78 is 27.1. The van der Waals surface area contributed by atoms with Gasteiger partial charge in [-0.3, -0.25) is 0 Å². The van der Waals surface area contributed by atoms with E-state index in [-0.39, 0.29) is 5.82 Å². The predicted molar refractivity (Wildman–Crippen MR) is 95.5 cm³/mol. The Morgan fingerprint density at radius 1 is 0.773 bits per heavy atom. The highest BCUT2D eigenvalue weighted by Gasteiger charge is 2.15. The standard InChI is InChI=1S/C19H31F2P/c1-3-5-7-8-9-10-11-15-22(14-6-4-2)19-13-12-17(20)16-18(19)21/h12-13,16H,3-11,14-15H2,1-2H3. The number of benzene rings is 1. The quantitative estimate of drug-likeness (QED) is 0.299. The van der Waals surface area contributed by atoms with Gasteiger partial charge in [-0.25, -0.2) is 8.78 Å². The van der Waals surface area contributed by atoms with Crippen LogP contribution in [0, 0.1) is 11.6 Å². The molecule has 0 bridgehead atoms. The van der Waals surface area contributed by atoms with E-state index in [1.54, 1.807) is 6.07 Å². The lowest BCUT2D eigenvalue weighted by Crippen LogP contribution is -2.11. The third kappa shape index (κ3) is 7.68. The van der Waals surface area contributed by atoms with Gasteiger partial charge in [-0.05, 0) is 37.3 Å². The van der Waals surface area contributed by atoms with E-state index in [0.717, 1.165) is 36.5 Å². The fourth-order valence-electron chi connectivity index (χ4n) is 2.70. The van der Waals surface area contributed by atoms with Gasteiger partial charge in [0, 0.05) is 11.4 Å². The van der Waals surface area contributed by atoms with Gasteiger partial charge in [-0.2, -0.15) is 0 Å². The second-order valence-electron chi connectivity index (χ2n) is 6.06. The Hall–Kier alpha value is -0.490. The number of halogens is 2. The third-order valence-corrected chi connectivity index (χ3v) is 6.82. The molecule has 1 unspecified atom stereocenters. The Bertz CT molecular complexity index is 406. The van der Waals surface area contributed by atoms with Crippen molar-refractivity contribution in [2.75, 3.05) is 12.3 Å². The van der Waals surface area contributed by atoms with Crippen LogP contribution >= 0.6 is 7.92 Å². The lowest BCUT2D eigenvalue weighted by molar-refractivity contribution is 0.588. The highest BCUT2D eigenvalue weighted by Crippen LogP contribution is 2.38. The molecule has 22 heavy (non-hydrogen) atoms. The van der Waals surface area contributed by atoms with E-state index in [0.29, 0.717) is 0 Å². The Morgan fingerprint density at radius 2 is 1.36 bits per heavy atom. The molecule has 0 aliphatic rings. The van der Waals surface area contributed by atoms with E-state index in [1.165, 1.54) is 51.0 Å². The van der Waals surface area contributed by atoms with Gasteiger partial charge in [-0.15, -0.1) is 0 Å². The highest BCUT2D eigenvalue weighted by molar-refractivity contribution is 7.65. The minimum Gasteiger partial charge on any atom is -0.207 e. The van der Waals surface area contributed by atoms with Gasteiger partial charge in [0.15, 0.2) is 0 Å².